The standard InChI is InChI=1S/C18H19FN2O6/c19-16-13(7-4-8-14(16)21(25)26)17(23)15(22)9-10-20-18(24)27-11-12-5-2-1-3-6-12/h1-8,15,17,22-23H,9-11H2,(H,20,24). The maximum Gasteiger partial charge on any atom is 0.407 e. The molecule has 27 heavy (non-hydrogen) atoms. The summed E-state index contributed by atoms with van der Waals surface area (Å²) in [6.07, 6.45) is -3.92. The first-order valence-corrected chi connectivity index (χ1v) is 8.13. The average Bonchev–Trinajstić information content (AvgIpc) is 2.66. The summed E-state index contributed by atoms with van der Waals surface area (Å²) < 4.78 is 19.0. The fraction of sp³-hybridized carbons (Fsp3) is 0.278. The van der Waals surface area contributed by atoms with Crippen LogP contribution in [0.1, 0.15) is 23.7 Å². The highest BCUT2D eigenvalue weighted by Crippen LogP contribution is 2.27. The summed E-state index contributed by atoms with van der Waals surface area (Å²) in [5, 5.41) is 33.1. The van der Waals surface area contributed by atoms with Crippen molar-refractivity contribution in [1.29, 1.82) is 0 Å². The van der Waals surface area contributed by atoms with E-state index in [-0.39, 0.29) is 25.1 Å². The number of ether oxygens (including phenoxy) is 1. The molecule has 144 valence electrons. The van der Waals surface area contributed by atoms with Gasteiger partial charge in [0.2, 0.25) is 5.82 Å². The Morgan fingerprint density at radius 3 is 2.56 bits per heavy atom. The number of nitrogens with one attached hydrogen (secondary N) is 1. The highest BCUT2D eigenvalue weighted by Gasteiger charge is 2.26. The van der Waals surface area contributed by atoms with Crippen LogP contribution in [0.25, 0.3) is 0 Å². The van der Waals surface area contributed by atoms with Crippen molar-refractivity contribution in [3.05, 3.63) is 75.6 Å². The molecule has 0 aliphatic rings. The number of aliphatic hydroxyl groups excluding tert-OH is 2. The Hall–Kier alpha value is -3.04. The molecule has 0 saturated heterocycles. The van der Waals surface area contributed by atoms with Crippen molar-refractivity contribution in [2.24, 2.45) is 0 Å². The number of carbonyl (C=O) groups excluding carboxylic acids is 1. The van der Waals surface area contributed by atoms with Gasteiger partial charge in [-0.15, -0.1) is 0 Å². The van der Waals surface area contributed by atoms with E-state index in [2.05, 4.69) is 5.32 Å². The molecule has 8 nitrogen and oxygen atoms in total. The van der Waals surface area contributed by atoms with Gasteiger partial charge in [0.05, 0.1) is 11.0 Å². The van der Waals surface area contributed by atoms with Crippen LogP contribution in [0.15, 0.2) is 48.5 Å². The highest BCUT2D eigenvalue weighted by atomic mass is 19.1. The number of hydrogen-bond donors (Lipinski definition) is 3. The second-order valence-corrected chi connectivity index (χ2v) is 5.73. The van der Waals surface area contributed by atoms with Gasteiger partial charge < -0.3 is 20.3 Å². The van der Waals surface area contributed by atoms with Gasteiger partial charge in [0, 0.05) is 18.2 Å². The van der Waals surface area contributed by atoms with E-state index in [0.717, 1.165) is 17.7 Å². The van der Waals surface area contributed by atoms with Crippen LogP contribution >= 0.6 is 0 Å². The van der Waals surface area contributed by atoms with Crippen molar-refractivity contribution in [3.63, 3.8) is 0 Å². The van der Waals surface area contributed by atoms with Crippen molar-refractivity contribution in [2.75, 3.05) is 6.54 Å². The highest BCUT2D eigenvalue weighted by molar-refractivity contribution is 5.67. The molecule has 2 aromatic rings. The molecule has 0 spiro atoms. The second-order valence-electron chi connectivity index (χ2n) is 5.73. The first-order chi connectivity index (χ1) is 12.9. The van der Waals surface area contributed by atoms with E-state index >= 15 is 0 Å². The van der Waals surface area contributed by atoms with E-state index in [1.807, 2.05) is 6.07 Å². The second kappa shape index (κ2) is 9.60. The van der Waals surface area contributed by atoms with Crippen LogP contribution in [0.3, 0.4) is 0 Å². The third-order valence-electron chi connectivity index (χ3n) is 3.81. The summed E-state index contributed by atoms with van der Waals surface area (Å²) in [6, 6.07) is 12.4. The lowest BCUT2D eigenvalue weighted by molar-refractivity contribution is -0.387. The predicted octanol–water partition coefficient (Wildman–Crippen LogP) is 2.44. The summed E-state index contributed by atoms with van der Waals surface area (Å²) in [5.74, 6) is -1.20. The van der Waals surface area contributed by atoms with Crippen molar-refractivity contribution in [1.82, 2.24) is 5.32 Å². The summed E-state index contributed by atoms with van der Waals surface area (Å²) in [5.41, 5.74) is -0.367. The lowest BCUT2D eigenvalue weighted by atomic mass is 10.0. The molecular weight excluding hydrogens is 359 g/mol. The molecule has 0 aliphatic heterocycles. The van der Waals surface area contributed by atoms with E-state index < -0.39 is 34.7 Å². The maximum atomic E-state index is 14.0. The summed E-state index contributed by atoms with van der Waals surface area (Å²) >= 11 is 0. The molecule has 1 amide bonds. The van der Waals surface area contributed by atoms with Gasteiger partial charge in [0.15, 0.2) is 0 Å². The number of nitrogens with zero attached hydrogens (tertiary/aromatic N) is 1. The monoisotopic (exact) mass is 378 g/mol. The molecule has 9 heteroatoms. The van der Waals surface area contributed by atoms with Gasteiger partial charge in [-0.3, -0.25) is 10.1 Å². The van der Waals surface area contributed by atoms with Crippen LogP contribution in [0.4, 0.5) is 14.9 Å². The smallest absolute Gasteiger partial charge is 0.407 e. The number of nitro groups is 1. The van der Waals surface area contributed by atoms with Gasteiger partial charge in [-0.1, -0.05) is 42.5 Å². The molecule has 0 radical (unpaired) electrons. The van der Waals surface area contributed by atoms with E-state index in [9.17, 15) is 29.5 Å². The topological polar surface area (TPSA) is 122 Å². The number of benzene rings is 2. The zero-order valence-corrected chi connectivity index (χ0v) is 14.2. The third kappa shape index (κ3) is 5.73. The molecular formula is C18H19FN2O6. The quantitative estimate of drug-likeness (QED) is 0.479. The molecule has 2 atom stereocenters. The molecule has 2 rings (SSSR count). The maximum absolute atomic E-state index is 14.0. The largest absolute Gasteiger partial charge is 0.445 e. The zero-order chi connectivity index (χ0) is 19.8. The van der Waals surface area contributed by atoms with Gasteiger partial charge in [0.25, 0.3) is 0 Å². The van der Waals surface area contributed by atoms with E-state index in [0.29, 0.717) is 0 Å². The SMILES string of the molecule is O=C(NCCC(O)C(O)c1cccc([N+](=O)[O-])c1F)OCc1ccccc1. The van der Waals surface area contributed by atoms with E-state index in [1.54, 1.807) is 24.3 Å². The van der Waals surface area contributed by atoms with Crippen molar-refractivity contribution >= 4 is 11.8 Å². The van der Waals surface area contributed by atoms with E-state index in [4.69, 9.17) is 4.74 Å². The van der Waals surface area contributed by atoms with Gasteiger partial charge in [-0.2, -0.15) is 4.39 Å². The summed E-state index contributed by atoms with van der Waals surface area (Å²) in [7, 11) is 0. The zero-order valence-electron chi connectivity index (χ0n) is 14.2. The molecule has 0 heterocycles. The first kappa shape index (κ1) is 20.3. The Morgan fingerprint density at radius 2 is 1.89 bits per heavy atom. The van der Waals surface area contributed by atoms with Crippen LogP contribution in [-0.2, 0) is 11.3 Å². The van der Waals surface area contributed by atoms with Crippen LogP contribution in [-0.4, -0.2) is 33.9 Å². The Kier molecular flexibility index (Phi) is 7.21. The van der Waals surface area contributed by atoms with Crippen molar-refractivity contribution < 1.29 is 29.1 Å². The number of hydrogen-bond acceptors (Lipinski definition) is 6. The Labute approximate surface area is 154 Å². The van der Waals surface area contributed by atoms with Gasteiger partial charge >= 0.3 is 11.8 Å². The molecule has 0 aromatic heterocycles. The fourth-order valence-electron chi connectivity index (χ4n) is 2.37. The minimum atomic E-state index is -1.67. The molecule has 3 N–H and O–H groups in total. The Morgan fingerprint density at radius 1 is 1.19 bits per heavy atom. The van der Waals surface area contributed by atoms with Gasteiger partial charge in [0.1, 0.15) is 12.7 Å². The summed E-state index contributed by atoms with van der Waals surface area (Å²) in [4.78, 5) is 21.4. The fourth-order valence-corrected chi connectivity index (χ4v) is 2.37. The summed E-state index contributed by atoms with van der Waals surface area (Å²) in [6.45, 7) is 0.0408. The number of aliphatic hydroxyl groups is 2. The predicted molar refractivity (Wildman–Crippen MR) is 93.3 cm³/mol. The molecule has 2 aromatic carbocycles. The number of carbonyl (C=O) groups is 1. The number of nitro benzene ring substituents is 1. The number of alkyl carbamates (subject to hydrolysis) is 1. The minimum Gasteiger partial charge on any atom is -0.445 e. The van der Waals surface area contributed by atoms with Crippen LogP contribution < -0.4 is 5.32 Å². The minimum absolute atomic E-state index is 0.0393. The normalized spacial score (nSPS) is 12.9. The average molecular weight is 378 g/mol. The molecule has 0 bridgehead atoms. The Bertz CT molecular complexity index is 787. The molecule has 0 aliphatic carbocycles. The lowest BCUT2D eigenvalue weighted by Crippen LogP contribution is -2.30. The third-order valence-corrected chi connectivity index (χ3v) is 3.81. The van der Waals surface area contributed by atoms with Crippen LogP contribution in [0.5, 0.6) is 0 Å². The van der Waals surface area contributed by atoms with Crippen LogP contribution in [0.2, 0.25) is 0 Å². The van der Waals surface area contributed by atoms with Crippen molar-refractivity contribution in [2.45, 2.75) is 25.2 Å². The van der Waals surface area contributed by atoms with Gasteiger partial charge in [-0.05, 0) is 12.0 Å². The van der Waals surface area contributed by atoms with Crippen LogP contribution in [0, 0.1) is 15.9 Å². The molecule has 0 fully saturated rings. The van der Waals surface area contributed by atoms with Crippen molar-refractivity contribution in [3.8, 4) is 0 Å². The number of amides is 1. The number of halogens is 1. The Balaban J connectivity index is 1.81. The van der Waals surface area contributed by atoms with E-state index in [1.165, 1.54) is 6.07 Å². The number of rotatable bonds is 8. The lowest BCUT2D eigenvalue weighted by Gasteiger charge is -2.18. The molecule has 2 unspecified atom stereocenters. The van der Waals surface area contributed by atoms with Gasteiger partial charge in [-0.25, -0.2) is 4.79 Å². The molecule has 0 saturated carbocycles. The first-order valence-electron chi connectivity index (χ1n) is 8.13.